The van der Waals surface area contributed by atoms with E-state index < -0.39 is 5.54 Å². The fourth-order valence-electron chi connectivity index (χ4n) is 3.18. The number of ether oxygens (including phenoxy) is 1. The highest BCUT2D eigenvalue weighted by Crippen LogP contribution is 2.25. The zero-order valence-corrected chi connectivity index (χ0v) is 14.0. The summed E-state index contributed by atoms with van der Waals surface area (Å²) in [6.45, 7) is 5.21. The molecule has 1 atom stereocenters. The van der Waals surface area contributed by atoms with E-state index in [2.05, 4.69) is 29.2 Å². The van der Waals surface area contributed by atoms with Crippen LogP contribution in [0.25, 0.3) is 0 Å². The van der Waals surface area contributed by atoms with Gasteiger partial charge in [0.15, 0.2) is 0 Å². The van der Waals surface area contributed by atoms with Gasteiger partial charge in [-0.1, -0.05) is 0 Å². The van der Waals surface area contributed by atoms with Crippen LogP contribution in [0.4, 0.5) is 0 Å². The lowest BCUT2D eigenvalue weighted by Gasteiger charge is -2.37. The third kappa shape index (κ3) is 4.66. The molecule has 1 saturated heterocycles. The zero-order valence-electron chi connectivity index (χ0n) is 14.0. The first-order chi connectivity index (χ1) is 9.94. The van der Waals surface area contributed by atoms with Gasteiger partial charge < -0.3 is 14.5 Å². The zero-order chi connectivity index (χ0) is 15.5. The number of rotatable bonds is 7. The second-order valence-corrected chi connectivity index (χ2v) is 7.03. The van der Waals surface area contributed by atoms with Crippen LogP contribution in [0, 0.1) is 0 Å². The van der Waals surface area contributed by atoms with Crippen molar-refractivity contribution in [3.05, 3.63) is 0 Å². The summed E-state index contributed by atoms with van der Waals surface area (Å²) < 4.78 is 5.01. The monoisotopic (exact) mass is 297 g/mol. The van der Waals surface area contributed by atoms with Crippen LogP contribution in [0.1, 0.15) is 39.0 Å². The average Bonchev–Trinajstić information content (AvgIpc) is 3.28. The number of piperidine rings is 1. The number of nitrogens with one attached hydrogen (secondary N) is 1. The van der Waals surface area contributed by atoms with Crippen molar-refractivity contribution in [3.63, 3.8) is 0 Å². The van der Waals surface area contributed by atoms with E-state index in [4.69, 9.17) is 4.74 Å². The highest BCUT2D eigenvalue weighted by molar-refractivity contribution is 5.80. The maximum absolute atomic E-state index is 12.1. The minimum absolute atomic E-state index is 0.127. The SMILES string of the molecule is COC(=O)C(C)(CCN1CCC(N(C)C)CC1)NC1CC1. The maximum Gasteiger partial charge on any atom is 0.325 e. The van der Waals surface area contributed by atoms with Crippen LogP contribution in [0.3, 0.4) is 0 Å². The van der Waals surface area contributed by atoms with Crippen molar-refractivity contribution in [1.29, 1.82) is 0 Å². The van der Waals surface area contributed by atoms with Gasteiger partial charge >= 0.3 is 5.97 Å². The number of esters is 1. The van der Waals surface area contributed by atoms with Crippen molar-refractivity contribution in [1.82, 2.24) is 15.1 Å². The van der Waals surface area contributed by atoms with Gasteiger partial charge in [0.1, 0.15) is 5.54 Å². The van der Waals surface area contributed by atoms with Gasteiger partial charge in [-0.2, -0.15) is 0 Å². The molecular weight excluding hydrogens is 266 g/mol. The molecular formula is C16H31N3O2. The Labute approximate surface area is 129 Å². The normalized spacial score (nSPS) is 24.0. The Morgan fingerprint density at radius 3 is 2.38 bits per heavy atom. The highest BCUT2D eigenvalue weighted by Gasteiger charge is 2.39. The summed E-state index contributed by atoms with van der Waals surface area (Å²) in [5.74, 6) is -0.127. The topological polar surface area (TPSA) is 44.8 Å². The summed E-state index contributed by atoms with van der Waals surface area (Å²) in [5, 5.41) is 3.48. The minimum atomic E-state index is -0.533. The van der Waals surface area contributed by atoms with E-state index in [1.807, 2.05) is 6.92 Å². The Morgan fingerprint density at radius 1 is 1.29 bits per heavy atom. The van der Waals surface area contributed by atoms with Crippen molar-refractivity contribution in [2.45, 2.75) is 56.7 Å². The van der Waals surface area contributed by atoms with Crippen LogP contribution in [-0.4, -0.2) is 74.2 Å². The molecule has 0 bridgehead atoms. The molecule has 21 heavy (non-hydrogen) atoms. The molecule has 1 saturated carbocycles. The first-order valence-electron chi connectivity index (χ1n) is 8.19. The molecule has 0 aromatic heterocycles. The van der Waals surface area contributed by atoms with Crippen LogP contribution in [0.5, 0.6) is 0 Å². The molecule has 1 unspecified atom stereocenters. The number of carbonyl (C=O) groups excluding carboxylic acids is 1. The number of nitrogens with zero attached hydrogens (tertiary/aromatic N) is 2. The molecule has 0 amide bonds. The molecule has 2 rings (SSSR count). The second kappa shape index (κ2) is 7.07. The molecule has 1 N–H and O–H groups in total. The lowest BCUT2D eigenvalue weighted by molar-refractivity contribution is -0.148. The van der Waals surface area contributed by atoms with Crippen molar-refractivity contribution in [3.8, 4) is 0 Å². The average molecular weight is 297 g/mol. The Bertz CT molecular complexity index is 349. The van der Waals surface area contributed by atoms with Gasteiger partial charge in [-0.3, -0.25) is 10.1 Å². The molecule has 0 spiro atoms. The molecule has 5 heteroatoms. The number of hydrogen-bond donors (Lipinski definition) is 1. The predicted molar refractivity (Wildman–Crippen MR) is 84.3 cm³/mol. The van der Waals surface area contributed by atoms with Gasteiger partial charge in [0.2, 0.25) is 0 Å². The summed E-state index contributed by atoms with van der Waals surface area (Å²) in [5.41, 5.74) is -0.533. The van der Waals surface area contributed by atoms with E-state index in [-0.39, 0.29) is 5.97 Å². The van der Waals surface area contributed by atoms with Crippen LogP contribution in [0.15, 0.2) is 0 Å². The molecule has 0 radical (unpaired) electrons. The quantitative estimate of drug-likeness (QED) is 0.713. The van der Waals surface area contributed by atoms with Gasteiger partial charge in [0.25, 0.3) is 0 Å². The molecule has 0 aromatic carbocycles. The van der Waals surface area contributed by atoms with Gasteiger partial charge in [-0.25, -0.2) is 0 Å². The largest absolute Gasteiger partial charge is 0.468 e. The number of methoxy groups -OCH3 is 1. The smallest absolute Gasteiger partial charge is 0.325 e. The highest BCUT2D eigenvalue weighted by atomic mass is 16.5. The first kappa shape index (κ1) is 16.7. The number of likely N-dealkylation sites (tertiary alicyclic amines) is 1. The molecule has 1 aliphatic heterocycles. The molecule has 1 heterocycles. The van der Waals surface area contributed by atoms with Crippen molar-refractivity contribution in [2.75, 3.05) is 40.8 Å². The fraction of sp³-hybridized carbons (Fsp3) is 0.938. The predicted octanol–water partition coefficient (Wildman–Crippen LogP) is 1.09. The van der Waals surface area contributed by atoms with Crippen LogP contribution < -0.4 is 5.32 Å². The van der Waals surface area contributed by atoms with Crippen molar-refractivity contribution in [2.24, 2.45) is 0 Å². The summed E-state index contributed by atoms with van der Waals surface area (Å²) >= 11 is 0. The van der Waals surface area contributed by atoms with E-state index in [0.29, 0.717) is 12.1 Å². The van der Waals surface area contributed by atoms with E-state index in [1.165, 1.54) is 32.8 Å². The molecule has 5 nitrogen and oxygen atoms in total. The van der Waals surface area contributed by atoms with Crippen LogP contribution in [0.2, 0.25) is 0 Å². The number of hydrogen-bond acceptors (Lipinski definition) is 5. The second-order valence-electron chi connectivity index (χ2n) is 7.03. The number of carbonyl (C=O) groups is 1. The summed E-state index contributed by atoms with van der Waals surface area (Å²) in [6, 6.07) is 1.21. The molecule has 1 aliphatic carbocycles. The Balaban J connectivity index is 1.80. The maximum atomic E-state index is 12.1. The summed E-state index contributed by atoms with van der Waals surface area (Å²) in [7, 11) is 5.81. The van der Waals surface area contributed by atoms with E-state index in [9.17, 15) is 4.79 Å². The standard InChI is InChI=1S/C16H31N3O2/c1-16(15(20)21-4,17-13-5-6-13)9-12-19-10-7-14(8-11-19)18(2)3/h13-14,17H,5-12H2,1-4H3. The van der Waals surface area contributed by atoms with Gasteiger partial charge in [-0.05, 0) is 66.2 Å². The lowest BCUT2D eigenvalue weighted by atomic mass is 9.96. The summed E-state index contributed by atoms with van der Waals surface area (Å²) in [4.78, 5) is 16.9. The molecule has 122 valence electrons. The van der Waals surface area contributed by atoms with Crippen molar-refractivity contribution >= 4 is 5.97 Å². The third-order valence-corrected chi connectivity index (χ3v) is 4.95. The lowest BCUT2D eigenvalue weighted by Crippen LogP contribution is -2.53. The van der Waals surface area contributed by atoms with E-state index >= 15 is 0 Å². The van der Waals surface area contributed by atoms with Gasteiger partial charge in [-0.15, -0.1) is 0 Å². The van der Waals surface area contributed by atoms with Crippen LogP contribution in [-0.2, 0) is 9.53 Å². The first-order valence-corrected chi connectivity index (χ1v) is 8.19. The minimum Gasteiger partial charge on any atom is -0.468 e. The van der Waals surface area contributed by atoms with E-state index in [1.54, 1.807) is 0 Å². The Hall–Kier alpha value is -0.650. The third-order valence-electron chi connectivity index (χ3n) is 4.95. The molecule has 2 aliphatic rings. The Morgan fingerprint density at radius 2 is 1.90 bits per heavy atom. The van der Waals surface area contributed by atoms with Crippen molar-refractivity contribution < 1.29 is 9.53 Å². The van der Waals surface area contributed by atoms with Gasteiger partial charge in [0, 0.05) is 18.6 Å². The van der Waals surface area contributed by atoms with Crippen LogP contribution >= 0.6 is 0 Å². The van der Waals surface area contributed by atoms with E-state index in [0.717, 1.165) is 26.1 Å². The fourth-order valence-corrected chi connectivity index (χ4v) is 3.18. The Kier molecular flexibility index (Phi) is 5.63. The van der Waals surface area contributed by atoms with Gasteiger partial charge in [0.05, 0.1) is 7.11 Å². The summed E-state index contributed by atoms with van der Waals surface area (Å²) in [6.07, 6.45) is 5.63. The molecule has 2 fully saturated rings. The molecule has 0 aromatic rings.